The van der Waals surface area contributed by atoms with E-state index in [1.54, 1.807) is 4.90 Å². The molecule has 0 aliphatic carbocycles. The van der Waals surface area contributed by atoms with Crippen molar-refractivity contribution in [2.24, 2.45) is 11.8 Å². The molecule has 0 bridgehead atoms. The monoisotopic (exact) mass is 257 g/mol. The summed E-state index contributed by atoms with van der Waals surface area (Å²) in [5, 5.41) is 20.0. The zero-order chi connectivity index (χ0) is 12.6. The highest BCUT2D eigenvalue weighted by Crippen LogP contribution is 2.33. The predicted molar refractivity (Wildman–Crippen MR) is 61.3 cm³/mol. The molecule has 0 spiro atoms. The molecule has 8 heteroatoms. The molecule has 1 saturated heterocycles. The molecule has 2 atom stereocenters. The molecule has 1 aliphatic heterocycles. The van der Waals surface area contributed by atoms with Crippen LogP contribution in [0.2, 0.25) is 0 Å². The Labute approximate surface area is 101 Å². The first-order chi connectivity index (χ1) is 7.99. The Morgan fingerprint density at radius 2 is 2.41 bits per heavy atom. The van der Waals surface area contributed by atoms with E-state index >= 15 is 0 Å². The minimum absolute atomic E-state index is 0.0218. The van der Waals surface area contributed by atoms with Gasteiger partial charge in [-0.25, -0.2) is 4.98 Å². The Morgan fingerprint density at radius 3 is 2.88 bits per heavy atom. The summed E-state index contributed by atoms with van der Waals surface area (Å²) >= 11 is 0.977. The Bertz CT molecular complexity index is 461. The number of anilines is 1. The van der Waals surface area contributed by atoms with Crippen LogP contribution in [0, 0.1) is 22.0 Å². The topological polar surface area (TPSA) is 96.6 Å². The second-order valence-electron chi connectivity index (χ2n) is 4.07. The van der Waals surface area contributed by atoms with Crippen molar-refractivity contribution < 1.29 is 14.8 Å². The number of carboxylic acids is 1. The van der Waals surface area contributed by atoms with Gasteiger partial charge >= 0.3 is 11.0 Å². The number of nitro groups is 1. The highest BCUT2D eigenvalue weighted by molar-refractivity contribution is 7.18. The van der Waals surface area contributed by atoms with Crippen LogP contribution in [0.1, 0.15) is 6.92 Å². The summed E-state index contributed by atoms with van der Waals surface area (Å²) in [6.45, 7) is 2.80. The van der Waals surface area contributed by atoms with Gasteiger partial charge in [0.25, 0.3) is 0 Å². The Kier molecular flexibility index (Phi) is 2.97. The number of aliphatic carboxylic acids is 1. The number of carbonyl (C=O) groups is 1. The van der Waals surface area contributed by atoms with Crippen LogP contribution in [-0.4, -0.2) is 34.1 Å². The highest BCUT2D eigenvalue weighted by Gasteiger charge is 2.36. The van der Waals surface area contributed by atoms with Crippen LogP contribution in [0.15, 0.2) is 6.20 Å². The lowest BCUT2D eigenvalue weighted by molar-refractivity contribution is -0.380. The molecule has 1 aromatic rings. The zero-order valence-electron chi connectivity index (χ0n) is 9.07. The second-order valence-corrected chi connectivity index (χ2v) is 5.05. The van der Waals surface area contributed by atoms with E-state index in [0.717, 1.165) is 11.3 Å². The van der Waals surface area contributed by atoms with Crippen molar-refractivity contribution in [3.63, 3.8) is 0 Å². The fourth-order valence-corrected chi connectivity index (χ4v) is 2.68. The Morgan fingerprint density at radius 1 is 1.71 bits per heavy atom. The van der Waals surface area contributed by atoms with Gasteiger partial charge in [-0.2, -0.15) is 0 Å². The molecule has 2 heterocycles. The average molecular weight is 257 g/mol. The number of rotatable bonds is 3. The quantitative estimate of drug-likeness (QED) is 0.645. The minimum Gasteiger partial charge on any atom is -0.481 e. The molecule has 17 heavy (non-hydrogen) atoms. The molecule has 0 radical (unpaired) electrons. The molecular weight excluding hydrogens is 246 g/mol. The maximum atomic E-state index is 11.0. The molecule has 92 valence electrons. The summed E-state index contributed by atoms with van der Waals surface area (Å²) in [4.78, 5) is 26.7. The third kappa shape index (κ3) is 2.21. The number of hydrogen-bond donors (Lipinski definition) is 1. The van der Waals surface area contributed by atoms with Crippen LogP contribution in [0.25, 0.3) is 0 Å². The van der Waals surface area contributed by atoms with E-state index in [1.165, 1.54) is 6.20 Å². The van der Waals surface area contributed by atoms with E-state index in [9.17, 15) is 14.9 Å². The van der Waals surface area contributed by atoms with Gasteiger partial charge in [0.1, 0.15) is 6.20 Å². The lowest BCUT2D eigenvalue weighted by atomic mass is 9.99. The molecule has 0 amide bonds. The number of hydrogen-bond acceptors (Lipinski definition) is 6. The van der Waals surface area contributed by atoms with Crippen molar-refractivity contribution in [1.29, 1.82) is 0 Å². The summed E-state index contributed by atoms with van der Waals surface area (Å²) in [6, 6.07) is 0. The van der Waals surface area contributed by atoms with Crippen molar-refractivity contribution >= 4 is 27.4 Å². The van der Waals surface area contributed by atoms with Crippen molar-refractivity contribution in [3.05, 3.63) is 16.3 Å². The van der Waals surface area contributed by atoms with Gasteiger partial charge in [0, 0.05) is 13.1 Å². The van der Waals surface area contributed by atoms with Gasteiger partial charge in [0.05, 0.1) is 10.8 Å². The van der Waals surface area contributed by atoms with E-state index in [2.05, 4.69) is 4.98 Å². The summed E-state index contributed by atoms with van der Waals surface area (Å²) in [5.74, 6) is -1.24. The summed E-state index contributed by atoms with van der Waals surface area (Å²) < 4.78 is 0. The van der Waals surface area contributed by atoms with Crippen LogP contribution < -0.4 is 4.90 Å². The molecule has 2 rings (SSSR count). The van der Waals surface area contributed by atoms with Gasteiger partial charge in [-0.05, 0) is 17.3 Å². The lowest BCUT2D eigenvalue weighted by Crippen LogP contribution is -2.22. The molecule has 0 aromatic carbocycles. The standard InChI is InChI=1S/C9H11N3O4S/c1-5-3-11(4-6(5)8(13)14)9-10-2-7(17-9)12(15)16/h2,5-6H,3-4H2,1H3,(H,13,14)/t5-,6-/m1/s1. The summed E-state index contributed by atoms with van der Waals surface area (Å²) in [7, 11) is 0. The first-order valence-corrected chi connectivity index (χ1v) is 5.88. The Balaban J connectivity index is 2.14. The SMILES string of the molecule is C[C@@H]1CN(c2ncc([N+](=O)[O-])s2)C[C@H]1C(=O)O. The van der Waals surface area contributed by atoms with Crippen molar-refractivity contribution in [2.75, 3.05) is 18.0 Å². The Hall–Kier alpha value is -1.70. The average Bonchev–Trinajstić information content (AvgIpc) is 2.82. The van der Waals surface area contributed by atoms with E-state index in [1.807, 2.05) is 6.92 Å². The van der Waals surface area contributed by atoms with Crippen LogP contribution >= 0.6 is 11.3 Å². The maximum Gasteiger partial charge on any atom is 0.345 e. The molecule has 0 unspecified atom stereocenters. The van der Waals surface area contributed by atoms with E-state index in [4.69, 9.17) is 5.11 Å². The lowest BCUT2D eigenvalue weighted by Gasteiger charge is -2.12. The minimum atomic E-state index is -0.828. The molecule has 0 saturated carbocycles. The van der Waals surface area contributed by atoms with E-state index in [-0.39, 0.29) is 10.9 Å². The fraction of sp³-hybridized carbons (Fsp3) is 0.556. The van der Waals surface area contributed by atoms with Crippen molar-refractivity contribution in [2.45, 2.75) is 6.92 Å². The van der Waals surface area contributed by atoms with Gasteiger partial charge in [-0.3, -0.25) is 14.9 Å². The second kappa shape index (κ2) is 4.28. The summed E-state index contributed by atoms with van der Waals surface area (Å²) in [6.07, 6.45) is 1.21. The first-order valence-electron chi connectivity index (χ1n) is 5.07. The third-order valence-corrected chi connectivity index (χ3v) is 3.87. The largest absolute Gasteiger partial charge is 0.481 e. The normalized spacial score (nSPS) is 23.9. The third-order valence-electron chi connectivity index (χ3n) is 2.86. The molecular formula is C9H11N3O4S. The van der Waals surface area contributed by atoms with Gasteiger partial charge in [-0.15, -0.1) is 0 Å². The molecule has 1 N–H and O–H groups in total. The molecule has 1 fully saturated rings. The summed E-state index contributed by atoms with van der Waals surface area (Å²) in [5.41, 5.74) is 0. The van der Waals surface area contributed by atoms with Gasteiger partial charge in [0.15, 0.2) is 5.13 Å². The highest BCUT2D eigenvalue weighted by atomic mass is 32.1. The molecule has 7 nitrogen and oxygen atoms in total. The number of thiazole rings is 1. The maximum absolute atomic E-state index is 11.0. The van der Waals surface area contributed by atoms with Crippen molar-refractivity contribution in [1.82, 2.24) is 4.98 Å². The van der Waals surface area contributed by atoms with Crippen LogP contribution in [0.5, 0.6) is 0 Å². The van der Waals surface area contributed by atoms with Crippen LogP contribution in [0.3, 0.4) is 0 Å². The zero-order valence-corrected chi connectivity index (χ0v) is 9.88. The van der Waals surface area contributed by atoms with Gasteiger partial charge < -0.3 is 10.0 Å². The predicted octanol–water partition coefficient (Wildman–Crippen LogP) is 1.21. The number of nitrogens with zero attached hydrogens (tertiary/aromatic N) is 3. The van der Waals surface area contributed by atoms with Gasteiger partial charge in [0.2, 0.25) is 0 Å². The molecule has 1 aromatic heterocycles. The van der Waals surface area contributed by atoms with E-state index < -0.39 is 16.8 Å². The van der Waals surface area contributed by atoms with E-state index in [0.29, 0.717) is 18.2 Å². The first kappa shape index (κ1) is 11.8. The van der Waals surface area contributed by atoms with Crippen LogP contribution in [-0.2, 0) is 4.79 Å². The smallest absolute Gasteiger partial charge is 0.345 e. The number of aromatic nitrogens is 1. The molecule has 1 aliphatic rings. The number of carboxylic acid groups (broad SMARTS) is 1. The van der Waals surface area contributed by atoms with Crippen molar-refractivity contribution in [3.8, 4) is 0 Å². The van der Waals surface area contributed by atoms with Gasteiger partial charge in [-0.1, -0.05) is 6.92 Å². The van der Waals surface area contributed by atoms with Crippen LogP contribution in [0.4, 0.5) is 10.1 Å². The fourth-order valence-electron chi connectivity index (χ4n) is 1.93.